The standard InChI is InChI=1S/C14H17NO5S/c1-2-3-12-15(10(7-21-12)14(19)20)13(18)9-6-8(16)4-5-11(9)17/h4-6,10,12,16-17H,2-3,7H2,1H3,(H,19,20). The molecule has 0 aliphatic carbocycles. The molecule has 3 N–H and O–H groups in total. The first kappa shape index (κ1) is 15.5. The van der Waals surface area contributed by atoms with E-state index in [1.807, 2.05) is 6.92 Å². The van der Waals surface area contributed by atoms with Gasteiger partial charge in [0.25, 0.3) is 5.91 Å². The molecule has 0 radical (unpaired) electrons. The van der Waals surface area contributed by atoms with Gasteiger partial charge in [0.15, 0.2) is 0 Å². The van der Waals surface area contributed by atoms with Gasteiger partial charge in [-0.05, 0) is 24.6 Å². The lowest BCUT2D eigenvalue weighted by molar-refractivity contribution is -0.141. The number of amides is 1. The second kappa shape index (κ2) is 6.26. The van der Waals surface area contributed by atoms with Gasteiger partial charge in [0.1, 0.15) is 17.5 Å². The normalized spacial score (nSPS) is 21.5. The molecule has 21 heavy (non-hydrogen) atoms. The molecule has 2 unspecified atom stereocenters. The molecular formula is C14H17NO5S. The molecule has 1 amide bonds. The monoisotopic (exact) mass is 311 g/mol. The van der Waals surface area contributed by atoms with Gasteiger partial charge >= 0.3 is 5.97 Å². The van der Waals surface area contributed by atoms with Crippen LogP contribution in [0.15, 0.2) is 18.2 Å². The van der Waals surface area contributed by atoms with E-state index in [0.29, 0.717) is 12.2 Å². The van der Waals surface area contributed by atoms with Crippen molar-refractivity contribution in [2.75, 3.05) is 5.75 Å². The number of hydrogen-bond donors (Lipinski definition) is 3. The number of aromatic hydroxyl groups is 2. The van der Waals surface area contributed by atoms with E-state index in [1.54, 1.807) is 0 Å². The third-order valence-electron chi connectivity index (χ3n) is 3.36. The highest BCUT2D eigenvalue weighted by Gasteiger charge is 2.42. The Morgan fingerprint density at radius 3 is 2.71 bits per heavy atom. The van der Waals surface area contributed by atoms with E-state index >= 15 is 0 Å². The van der Waals surface area contributed by atoms with Crippen molar-refractivity contribution in [2.24, 2.45) is 0 Å². The van der Waals surface area contributed by atoms with Crippen molar-refractivity contribution in [2.45, 2.75) is 31.2 Å². The van der Waals surface area contributed by atoms with Crippen LogP contribution in [0.2, 0.25) is 0 Å². The lowest BCUT2D eigenvalue weighted by Crippen LogP contribution is -2.45. The van der Waals surface area contributed by atoms with Crippen molar-refractivity contribution in [3.63, 3.8) is 0 Å². The van der Waals surface area contributed by atoms with Crippen LogP contribution in [0, 0.1) is 0 Å². The van der Waals surface area contributed by atoms with Crippen LogP contribution in [-0.2, 0) is 4.79 Å². The summed E-state index contributed by atoms with van der Waals surface area (Å²) in [4.78, 5) is 25.2. The molecule has 114 valence electrons. The van der Waals surface area contributed by atoms with E-state index in [-0.39, 0.29) is 22.4 Å². The Balaban J connectivity index is 2.36. The third-order valence-corrected chi connectivity index (χ3v) is 4.71. The van der Waals surface area contributed by atoms with Crippen molar-refractivity contribution in [1.82, 2.24) is 4.90 Å². The van der Waals surface area contributed by atoms with E-state index in [4.69, 9.17) is 0 Å². The van der Waals surface area contributed by atoms with Gasteiger partial charge in [0.2, 0.25) is 0 Å². The molecule has 2 rings (SSSR count). The summed E-state index contributed by atoms with van der Waals surface area (Å²) in [5.41, 5.74) is -0.0788. The first-order valence-corrected chi connectivity index (χ1v) is 7.69. The maximum absolute atomic E-state index is 12.6. The summed E-state index contributed by atoms with van der Waals surface area (Å²) in [6.07, 6.45) is 1.50. The minimum atomic E-state index is -1.06. The molecule has 7 heteroatoms. The van der Waals surface area contributed by atoms with E-state index in [0.717, 1.165) is 12.5 Å². The number of nitrogens with zero attached hydrogens (tertiary/aromatic N) is 1. The molecule has 0 aromatic heterocycles. The Morgan fingerprint density at radius 1 is 1.38 bits per heavy atom. The summed E-state index contributed by atoms with van der Waals surface area (Å²) in [5.74, 6) is -1.73. The highest BCUT2D eigenvalue weighted by atomic mass is 32.2. The summed E-state index contributed by atoms with van der Waals surface area (Å²) < 4.78 is 0. The van der Waals surface area contributed by atoms with Crippen molar-refractivity contribution >= 4 is 23.6 Å². The first-order chi connectivity index (χ1) is 9.95. The molecule has 2 atom stereocenters. The van der Waals surface area contributed by atoms with E-state index < -0.39 is 17.9 Å². The van der Waals surface area contributed by atoms with Crippen LogP contribution in [0.25, 0.3) is 0 Å². The zero-order valence-electron chi connectivity index (χ0n) is 11.5. The molecule has 1 heterocycles. The SMILES string of the molecule is CCCC1SCC(C(=O)O)N1C(=O)c1cc(O)ccc1O. The van der Waals surface area contributed by atoms with Crippen molar-refractivity contribution < 1.29 is 24.9 Å². The van der Waals surface area contributed by atoms with Crippen LogP contribution in [0.3, 0.4) is 0 Å². The molecule has 0 spiro atoms. The minimum absolute atomic E-state index is 0.0788. The lowest BCUT2D eigenvalue weighted by atomic mass is 10.1. The quantitative estimate of drug-likeness (QED) is 0.734. The predicted molar refractivity (Wildman–Crippen MR) is 78.5 cm³/mol. The van der Waals surface area contributed by atoms with Crippen LogP contribution in [0.1, 0.15) is 30.1 Å². The summed E-state index contributed by atoms with van der Waals surface area (Å²) in [6, 6.07) is 2.72. The number of carbonyl (C=O) groups is 2. The molecule has 0 saturated carbocycles. The topological polar surface area (TPSA) is 98.1 Å². The van der Waals surface area contributed by atoms with Crippen LogP contribution in [-0.4, -0.2) is 49.3 Å². The highest BCUT2D eigenvalue weighted by Crippen LogP contribution is 2.35. The number of benzene rings is 1. The Bertz CT molecular complexity index is 562. The largest absolute Gasteiger partial charge is 0.508 e. The maximum Gasteiger partial charge on any atom is 0.327 e. The number of aliphatic carboxylic acids is 1. The Hall–Kier alpha value is -1.89. The van der Waals surface area contributed by atoms with Gasteiger partial charge in [-0.15, -0.1) is 11.8 Å². The Kier molecular flexibility index (Phi) is 4.62. The van der Waals surface area contributed by atoms with Gasteiger partial charge in [0, 0.05) is 5.75 Å². The zero-order valence-corrected chi connectivity index (χ0v) is 12.3. The molecule has 6 nitrogen and oxygen atoms in total. The van der Waals surface area contributed by atoms with E-state index in [9.17, 15) is 24.9 Å². The summed E-state index contributed by atoms with van der Waals surface area (Å²) >= 11 is 1.42. The Morgan fingerprint density at radius 2 is 2.10 bits per heavy atom. The van der Waals surface area contributed by atoms with E-state index in [2.05, 4.69) is 0 Å². The predicted octanol–water partition coefficient (Wildman–Crippen LogP) is 1.87. The molecule has 1 aromatic carbocycles. The molecule has 1 fully saturated rings. The number of thioether (sulfide) groups is 1. The van der Waals surface area contributed by atoms with Gasteiger partial charge < -0.3 is 20.2 Å². The summed E-state index contributed by atoms with van der Waals surface area (Å²) in [7, 11) is 0. The molecule has 1 aliphatic heterocycles. The van der Waals surface area contributed by atoms with E-state index in [1.165, 1.54) is 28.8 Å². The number of carboxylic acid groups (broad SMARTS) is 1. The fraction of sp³-hybridized carbons (Fsp3) is 0.429. The Labute approximate surface area is 126 Å². The van der Waals surface area contributed by atoms with Crippen LogP contribution < -0.4 is 0 Å². The van der Waals surface area contributed by atoms with Crippen molar-refractivity contribution in [1.29, 1.82) is 0 Å². The maximum atomic E-state index is 12.6. The van der Waals surface area contributed by atoms with Crippen LogP contribution >= 0.6 is 11.8 Å². The summed E-state index contributed by atoms with van der Waals surface area (Å²) in [5, 5.41) is 28.3. The summed E-state index contributed by atoms with van der Waals surface area (Å²) in [6.45, 7) is 1.96. The molecule has 1 aromatic rings. The number of carbonyl (C=O) groups excluding carboxylic acids is 1. The van der Waals surface area contributed by atoms with Gasteiger partial charge in [-0.3, -0.25) is 4.79 Å². The number of phenols is 2. The average Bonchev–Trinajstić information content (AvgIpc) is 2.85. The highest BCUT2D eigenvalue weighted by molar-refractivity contribution is 8.00. The second-order valence-corrected chi connectivity index (χ2v) is 6.06. The third kappa shape index (κ3) is 3.07. The molecule has 1 saturated heterocycles. The number of rotatable bonds is 4. The zero-order chi connectivity index (χ0) is 15.6. The first-order valence-electron chi connectivity index (χ1n) is 6.64. The van der Waals surface area contributed by atoms with Gasteiger partial charge in [-0.1, -0.05) is 13.3 Å². The fourth-order valence-electron chi connectivity index (χ4n) is 2.33. The number of hydrogen-bond acceptors (Lipinski definition) is 5. The van der Waals surface area contributed by atoms with Crippen molar-refractivity contribution in [3.8, 4) is 11.5 Å². The molecular weight excluding hydrogens is 294 g/mol. The lowest BCUT2D eigenvalue weighted by Gasteiger charge is -2.27. The van der Waals surface area contributed by atoms with Gasteiger partial charge in [0.05, 0.1) is 10.9 Å². The smallest absolute Gasteiger partial charge is 0.327 e. The van der Waals surface area contributed by atoms with Crippen LogP contribution in [0.4, 0.5) is 0 Å². The average molecular weight is 311 g/mol. The number of carboxylic acids is 1. The van der Waals surface area contributed by atoms with Crippen LogP contribution in [0.5, 0.6) is 11.5 Å². The molecule has 1 aliphatic rings. The molecule has 0 bridgehead atoms. The fourth-order valence-corrected chi connectivity index (χ4v) is 3.84. The second-order valence-electron chi connectivity index (χ2n) is 4.84. The number of phenolic OH excluding ortho intramolecular Hbond substituents is 2. The van der Waals surface area contributed by atoms with Crippen molar-refractivity contribution in [3.05, 3.63) is 23.8 Å². The van der Waals surface area contributed by atoms with Gasteiger partial charge in [-0.25, -0.2) is 4.79 Å². The van der Waals surface area contributed by atoms with Gasteiger partial charge in [-0.2, -0.15) is 0 Å². The minimum Gasteiger partial charge on any atom is -0.508 e.